The Hall–Kier alpha value is -2.05. The Labute approximate surface area is 588 Å². The second kappa shape index (κ2) is 66.2. The monoisotopic (exact) mass is 1360 g/mol. The van der Waals surface area contributed by atoms with Crippen LogP contribution in [0, 0.1) is 0 Å². The number of ether oxygens (including phenoxy) is 4. The molecule has 0 aromatic heterocycles. The summed E-state index contributed by atoms with van der Waals surface area (Å²) in [6.07, 6.45) is 72.0. The molecule has 12 atom stereocenters. The van der Waals surface area contributed by atoms with Crippen LogP contribution in [0.2, 0.25) is 0 Å². The molecule has 0 aliphatic carbocycles. The van der Waals surface area contributed by atoms with Crippen molar-refractivity contribution >= 4 is 5.91 Å². The topological polar surface area (TPSA) is 228 Å². The van der Waals surface area contributed by atoms with Gasteiger partial charge in [0, 0.05) is 6.42 Å². The Morgan fingerprint density at radius 2 is 0.688 bits per heavy atom. The third kappa shape index (κ3) is 48.7. The zero-order valence-corrected chi connectivity index (χ0v) is 61.9. The number of rotatable bonds is 69. The van der Waals surface area contributed by atoms with Crippen LogP contribution in [0.5, 0.6) is 0 Å². The normalized spacial score (nSPS) is 22.4. The first-order valence-corrected chi connectivity index (χ1v) is 40.9. The average molecular weight is 1360 g/mol. The molecule has 9 N–H and O–H groups in total. The van der Waals surface area contributed by atoms with Gasteiger partial charge in [-0.15, -0.1) is 0 Å². The molecule has 12 unspecified atom stereocenters. The summed E-state index contributed by atoms with van der Waals surface area (Å²) >= 11 is 0. The quantitative estimate of drug-likeness (QED) is 0.0204. The fourth-order valence-corrected chi connectivity index (χ4v) is 13.5. The number of hydrogen-bond acceptors (Lipinski definition) is 13. The molecule has 0 aromatic carbocycles. The predicted molar refractivity (Wildman–Crippen MR) is 397 cm³/mol. The van der Waals surface area contributed by atoms with E-state index >= 15 is 0 Å². The Bertz CT molecular complexity index is 1800. The smallest absolute Gasteiger partial charge is 0.220 e. The summed E-state index contributed by atoms with van der Waals surface area (Å²) < 4.78 is 22.9. The predicted octanol–water partition coefficient (Wildman–Crippen LogP) is 18.6. The first-order valence-electron chi connectivity index (χ1n) is 40.9. The molecule has 0 aromatic rings. The molecule has 2 aliphatic rings. The second-order valence-electron chi connectivity index (χ2n) is 28.9. The molecule has 14 nitrogen and oxygen atoms in total. The summed E-state index contributed by atoms with van der Waals surface area (Å²) in [5.74, 6) is -0.232. The van der Waals surface area contributed by atoms with Crippen molar-refractivity contribution in [2.75, 3.05) is 19.8 Å². The Morgan fingerprint density at radius 1 is 0.375 bits per heavy atom. The van der Waals surface area contributed by atoms with Gasteiger partial charge >= 0.3 is 0 Å². The van der Waals surface area contributed by atoms with Gasteiger partial charge in [-0.25, -0.2) is 0 Å². The summed E-state index contributed by atoms with van der Waals surface area (Å²) in [5.41, 5.74) is 0. The van der Waals surface area contributed by atoms with Crippen molar-refractivity contribution in [3.05, 3.63) is 48.6 Å². The van der Waals surface area contributed by atoms with Gasteiger partial charge in [-0.2, -0.15) is 0 Å². The summed E-state index contributed by atoms with van der Waals surface area (Å²) in [6.45, 7) is 2.85. The van der Waals surface area contributed by atoms with E-state index in [1.807, 2.05) is 6.08 Å². The van der Waals surface area contributed by atoms with Gasteiger partial charge in [-0.1, -0.05) is 358 Å². The van der Waals surface area contributed by atoms with Gasteiger partial charge in [-0.3, -0.25) is 4.79 Å². The second-order valence-corrected chi connectivity index (χ2v) is 28.9. The Kier molecular flexibility index (Phi) is 62.1. The van der Waals surface area contributed by atoms with E-state index in [9.17, 15) is 45.6 Å². The molecule has 0 saturated carbocycles. The van der Waals surface area contributed by atoms with E-state index in [1.165, 1.54) is 295 Å². The maximum Gasteiger partial charge on any atom is 0.220 e. The van der Waals surface area contributed by atoms with Crippen molar-refractivity contribution in [3.8, 4) is 0 Å². The molecule has 2 heterocycles. The molecule has 2 saturated heterocycles. The molecule has 2 fully saturated rings. The van der Waals surface area contributed by atoms with Gasteiger partial charge in [0.2, 0.25) is 5.91 Å². The van der Waals surface area contributed by atoms with E-state index in [0.717, 1.165) is 51.4 Å². The van der Waals surface area contributed by atoms with Crippen molar-refractivity contribution in [2.24, 2.45) is 0 Å². The number of hydrogen-bond donors (Lipinski definition) is 9. The highest BCUT2D eigenvalue weighted by molar-refractivity contribution is 5.76. The minimum absolute atomic E-state index is 0.232. The average Bonchev–Trinajstić information content (AvgIpc) is 0.857. The van der Waals surface area contributed by atoms with Crippen LogP contribution in [0.3, 0.4) is 0 Å². The summed E-state index contributed by atoms with van der Waals surface area (Å²) in [5, 5.41) is 87.7. The van der Waals surface area contributed by atoms with E-state index in [4.69, 9.17) is 18.9 Å². The number of amides is 1. The van der Waals surface area contributed by atoms with Crippen LogP contribution in [-0.4, -0.2) is 140 Å². The zero-order valence-electron chi connectivity index (χ0n) is 61.9. The third-order valence-corrected chi connectivity index (χ3v) is 20.0. The number of nitrogens with one attached hydrogen (secondary N) is 1. The van der Waals surface area contributed by atoms with Crippen molar-refractivity contribution < 1.29 is 64.6 Å². The van der Waals surface area contributed by atoms with E-state index in [2.05, 4.69) is 55.6 Å². The lowest BCUT2D eigenvalue weighted by molar-refractivity contribution is -0.359. The molecule has 14 heteroatoms. The highest BCUT2D eigenvalue weighted by atomic mass is 16.7. The van der Waals surface area contributed by atoms with E-state index < -0.39 is 86.8 Å². The summed E-state index contributed by atoms with van der Waals surface area (Å²) in [4.78, 5) is 13.4. The molecule has 564 valence electrons. The molecule has 1 amide bonds. The Balaban J connectivity index is 1.59. The van der Waals surface area contributed by atoms with Gasteiger partial charge in [-0.05, 0) is 57.8 Å². The lowest BCUT2D eigenvalue weighted by atomic mass is 9.97. The first kappa shape index (κ1) is 90.0. The molecule has 0 bridgehead atoms. The molecule has 0 radical (unpaired) electrons. The summed E-state index contributed by atoms with van der Waals surface area (Å²) in [6, 6.07) is -0.916. The maximum atomic E-state index is 13.4. The van der Waals surface area contributed by atoms with Crippen LogP contribution < -0.4 is 5.32 Å². The van der Waals surface area contributed by atoms with Crippen LogP contribution in [-0.2, 0) is 23.7 Å². The number of carbonyl (C=O) groups excluding carboxylic acids is 1. The largest absolute Gasteiger partial charge is 0.394 e. The SMILES string of the molecule is CCCCCCC/C=C\C/C=C\C/C=C\CCCCCCCCCCCCCCCCCCCCCCCCC(=O)NC(COC1OC(CO)C(OC2OC(CO)C(O)C(O)C2O)C(O)C1O)C(O)/C=C/CCCCCCCCCCCCCCCCCCCCCCCCC. The van der Waals surface area contributed by atoms with Crippen LogP contribution >= 0.6 is 0 Å². The van der Waals surface area contributed by atoms with Gasteiger partial charge in [0.25, 0.3) is 0 Å². The van der Waals surface area contributed by atoms with Crippen LogP contribution in [0.25, 0.3) is 0 Å². The van der Waals surface area contributed by atoms with E-state index in [0.29, 0.717) is 6.42 Å². The number of carbonyl (C=O) groups is 1. The molecule has 96 heavy (non-hydrogen) atoms. The van der Waals surface area contributed by atoms with E-state index in [1.54, 1.807) is 6.08 Å². The fourth-order valence-electron chi connectivity index (χ4n) is 13.5. The van der Waals surface area contributed by atoms with Crippen molar-refractivity contribution in [1.29, 1.82) is 0 Å². The molecular weight excluding hydrogens is 1210 g/mol. The fraction of sp³-hybridized carbons (Fsp3) is 0.890. The molecule has 2 aliphatic heterocycles. The lowest BCUT2D eigenvalue weighted by Gasteiger charge is -2.46. The number of aliphatic hydroxyl groups excluding tert-OH is 8. The first-order chi connectivity index (χ1) is 47.1. The number of unbranched alkanes of at least 4 members (excludes halogenated alkanes) is 50. The highest BCUT2D eigenvalue weighted by Gasteiger charge is 2.51. The van der Waals surface area contributed by atoms with Crippen LogP contribution in [0.15, 0.2) is 48.6 Å². The van der Waals surface area contributed by atoms with Crippen LogP contribution in [0.4, 0.5) is 0 Å². The van der Waals surface area contributed by atoms with Crippen molar-refractivity contribution in [3.63, 3.8) is 0 Å². The third-order valence-electron chi connectivity index (χ3n) is 20.0. The van der Waals surface area contributed by atoms with Crippen molar-refractivity contribution in [1.82, 2.24) is 5.32 Å². The van der Waals surface area contributed by atoms with Crippen LogP contribution in [0.1, 0.15) is 373 Å². The minimum atomic E-state index is -1.79. The molecular formula is C82H153NO13. The Morgan fingerprint density at radius 3 is 1.05 bits per heavy atom. The number of aliphatic hydroxyl groups is 8. The zero-order chi connectivity index (χ0) is 69.4. The maximum absolute atomic E-state index is 13.4. The lowest BCUT2D eigenvalue weighted by Crippen LogP contribution is -2.65. The van der Waals surface area contributed by atoms with Crippen molar-refractivity contribution in [2.45, 2.75) is 447 Å². The minimum Gasteiger partial charge on any atom is -0.394 e. The van der Waals surface area contributed by atoms with Gasteiger partial charge in [0.15, 0.2) is 12.6 Å². The standard InChI is InChI=1S/C82H153NO13/c1-3-5-7-9-11-13-15-17-19-21-23-25-27-29-30-31-32-33-34-35-36-37-38-39-40-42-44-46-48-50-52-54-56-58-60-62-64-66-74(87)83-70(69-93-81-79(92)77(90)80(73(68-85)95-81)96-82-78(91)76(89)75(88)72(67-84)94-82)71(86)65-63-61-59-57-55-53-51-49-47-45-43-41-28-26-24-22-20-18-16-14-12-10-8-6-4-2/h15,17,21,23,27,29,63,65,70-73,75-82,84-86,88-92H,3-14,16,18-20,22,24-26,28,30-62,64,66-69H2,1-2H3,(H,83,87)/b17-15-,23-21-,29-27-,65-63+. The number of allylic oxidation sites excluding steroid dienone is 7. The van der Waals surface area contributed by atoms with Gasteiger partial charge < -0.3 is 65.1 Å². The van der Waals surface area contributed by atoms with E-state index in [-0.39, 0.29) is 18.9 Å². The molecule has 2 rings (SSSR count). The van der Waals surface area contributed by atoms with Gasteiger partial charge in [0.1, 0.15) is 48.8 Å². The molecule has 0 spiro atoms. The summed E-state index contributed by atoms with van der Waals surface area (Å²) in [7, 11) is 0. The highest BCUT2D eigenvalue weighted by Crippen LogP contribution is 2.30. The van der Waals surface area contributed by atoms with Gasteiger partial charge in [0.05, 0.1) is 32.0 Å².